The van der Waals surface area contributed by atoms with Crippen molar-refractivity contribution in [2.75, 3.05) is 13.1 Å². The van der Waals surface area contributed by atoms with Crippen molar-refractivity contribution in [3.05, 3.63) is 71.9 Å². The van der Waals surface area contributed by atoms with E-state index in [2.05, 4.69) is 20.4 Å². The number of hydrogen-bond acceptors (Lipinski definition) is 5. The first kappa shape index (κ1) is 20.2. The molecule has 1 aromatic heterocycles. The standard InChI is InChI=1S/C23H25FN4O2/c24-20-11-5-4-9-18(20)15-28-14-6-10-19(16-28)25-21(29)12-13-22-26-23(27-30-22)17-7-2-1-3-8-17/h1-5,7-9,11,19H,6,10,12-16H2,(H,25,29). The van der Waals surface area contributed by atoms with Gasteiger partial charge < -0.3 is 9.84 Å². The fourth-order valence-electron chi connectivity index (χ4n) is 3.77. The summed E-state index contributed by atoms with van der Waals surface area (Å²) in [5, 5.41) is 7.08. The van der Waals surface area contributed by atoms with Gasteiger partial charge in [-0.15, -0.1) is 0 Å². The molecule has 6 nitrogen and oxygen atoms in total. The van der Waals surface area contributed by atoms with Gasteiger partial charge in [0.25, 0.3) is 0 Å². The molecular formula is C23H25FN4O2. The van der Waals surface area contributed by atoms with Crippen molar-refractivity contribution in [3.63, 3.8) is 0 Å². The molecule has 2 aromatic carbocycles. The molecule has 1 fully saturated rings. The first-order chi connectivity index (χ1) is 14.7. The summed E-state index contributed by atoms with van der Waals surface area (Å²) >= 11 is 0. The predicted octanol–water partition coefficient (Wildman–Crippen LogP) is 3.59. The molecule has 1 saturated heterocycles. The van der Waals surface area contributed by atoms with Crippen LogP contribution in [0.25, 0.3) is 11.4 Å². The lowest BCUT2D eigenvalue weighted by Gasteiger charge is -2.33. The molecule has 0 radical (unpaired) electrons. The zero-order valence-corrected chi connectivity index (χ0v) is 16.8. The molecule has 30 heavy (non-hydrogen) atoms. The molecule has 0 bridgehead atoms. The Morgan fingerprint density at radius 3 is 2.80 bits per heavy atom. The normalized spacial score (nSPS) is 17.0. The molecule has 156 valence electrons. The molecule has 0 aliphatic carbocycles. The largest absolute Gasteiger partial charge is 0.352 e. The van der Waals surface area contributed by atoms with Gasteiger partial charge in [-0.25, -0.2) is 4.39 Å². The van der Waals surface area contributed by atoms with Gasteiger partial charge in [0.1, 0.15) is 5.82 Å². The second kappa shape index (κ2) is 9.63. The SMILES string of the molecule is O=C(CCc1nc(-c2ccccc2)no1)NC1CCCN(Cc2ccccc2F)C1. The van der Waals surface area contributed by atoms with Crippen molar-refractivity contribution in [2.45, 2.75) is 38.3 Å². The van der Waals surface area contributed by atoms with E-state index in [1.54, 1.807) is 6.07 Å². The summed E-state index contributed by atoms with van der Waals surface area (Å²) < 4.78 is 19.2. The Kier molecular flexibility index (Phi) is 6.49. The van der Waals surface area contributed by atoms with Crippen LogP contribution in [0.5, 0.6) is 0 Å². The molecule has 0 spiro atoms. The summed E-state index contributed by atoms with van der Waals surface area (Å²) in [7, 11) is 0. The monoisotopic (exact) mass is 408 g/mol. The summed E-state index contributed by atoms with van der Waals surface area (Å²) in [6.45, 7) is 2.19. The van der Waals surface area contributed by atoms with E-state index in [-0.39, 0.29) is 17.8 Å². The van der Waals surface area contributed by atoms with E-state index in [0.29, 0.717) is 36.7 Å². The fourth-order valence-corrected chi connectivity index (χ4v) is 3.77. The summed E-state index contributed by atoms with van der Waals surface area (Å²) in [5.74, 6) is 0.765. The van der Waals surface area contributed by atoms with Gasteiger partial charge in [0, 0.05) is 43.1 Å². The maximum atomic E-state index is 13.9. The number of nitrogens with zero attached hydrogens (tertiary/aromatic N) is 3. The van der Waals surface area contributed by atoms with Gasteiger partial charge in [0.15, 0.2) is 0 Å². The highest BCUT2D eigenvalue weighted by Gasteiger charge is 2.22. The van der Waals surface area contributed by atoms with E-state index in [1.807, 2.05) is 42.5 Å². The van der Waals surface area contributed by atoms with Crippen LogP contribution in [0.1, 0.15) is 30.7 Å². The number of benzene rings is 2. The number of likely N-dealkylation sites (tertiary alicyclic amines) is 1. The molecule has 1 atom stereocenters. The van der Waals surface area contributed by atoms with Gasteiger partial charge >= 0.3 is 0 Å². The Balaban J connectivity index is 1.25. The second-order valence-corrected chi connectivity index (χ2v) is 7.61. The number of aromatic nitrogens is 2. The molecule has 1 aliphatic heterocycles. The van der Waals surface area contributed by atoms with Crippen molar-refractivity contribution in [1.29, 1.82) is 0 Å². The van der Waals surface area contributed by atoms with Crippen molar-refractivity contribution >= 4 is 5.91 Å². The van der Waals surface area contributed by atoms with Crippen LogP contribution in [0.15, 0.2) is 59.1 Å². The van der Waals surface area contributed by atoms with Crippen LogP contribution in [0, 0.1) is 5.82 Å². The second-order valence-electron chi connectivity index (χ2n) is 7.61. The number of aryl methyl sites for hydroxylation is 1. The van der Waals surface area contributed by atoms with Gasteiger partial charge in [0.2, 0.25) is 17.6 Å². The van der Waals surface area contributed by atoms with Gasteiger partial charge in [-0.1, -0.05) is 53.7 Å². The van der Waals surface area contributed by atoms with Crippen LogP contribution in [0.2, 0.25) is 0 Å². The first-order valence-electron chi connectivity index (χ1n) is 10.3. The molecule has 7 heteroatoms. The Hall–Kier alpha value is -3.06. The molecular weight excluding hydrogens is 383 g/mol. The van der Waals surface area contributed by atoms with Gasteiger partial charge in [0.05, 0.1) is 0 Å². The van der Waals surface area contributed by atoms with Crippen molar-refractivity contribution in [3.8, 4) is 11.4 Å². The summed E-state index contributed by atoms with van der Waals surface area (Å²) in [4.78, 5) is 19.0. The topological polar surface area (TPSA) is 71.3 Å². The Morgan fingerprint density at radius 2 is 1.97 bits per heavy atom. The number of carbonyl (C=O) groups is 1. The number of amides is 1. The van der Waals surface area contributed by atoms with Crippen LogP contribution in [0.4, 0.5) is 4.39 Å². The first-order valence-corrected chi connectivity index (χ1v) is 10.3. The van der Waals surface area contributed by atoms with E-state index in [4.69, 9.17) is 4.52 Å². The smallest absolute Gasteiger partial charge is 0.227 e. The number of carbonyl (C=O) groups excluding carboxylic acids is 1. The quantitative estimate of drug-likeness (QED) is 0.647. The van der Waals surface area contributed by atoms with Crippen LogP contribution < -0.4 is 5.32 Å². The van der Waals surface area contributed by atoms with E-state index in [0.717, 1.165) is 31.5 Å². The third kappa shape index (κ3) is 5.30. The minimum atomic E-state index is -0.182. The van der Waals surface area contributed by atoms with Gasteiger partial charge in [-0.2, -0.15) is 4.98 Å². The van der Waals surface area contributed by atoms with Crippen LogP contribution in [-0.2, 0) is 17.8 Å². The van der Waals surface area contributed by atoms with Crippen LogP contribution in [0.3, 0.4) is 0 Å². The molecule has 2 heterocycles. The Bertz CT molecular complexity index is 976. The third-order valence-corrected chi connectivity index (χ3v) is 5.29. The summed E-state index contributed by atoms with van der Waals surface area (Å²) in [6.07, 6.45) is 2.60. The fraction of sp³-hybridized carbons (Fsp3) is 0.348. The summed E-state index contributed by atoms with van der Waals surface area (Å²) in [5.41, 5.74) is 1.57. The maximum absolute atomic E-state index is 13.9. The Labute approximate surface area is 175 Å². The van der Waals surface area contributed by atoms with Crippen molar-refractivity contribution in [1.82, 2.24) is 20.4 Å². The maximum Gasteiger partial charge on any atom is 0.227 e. The van der Waals surface area contributed by atoms with E-state index < -0.39 is 0 Å². The van der Waals surface area contributed by atoms with Crippen molar-refractivity contribution in [2.24, 2.45) is 0 Å². The van der Waals surface area contributed by atoms with Crippen LogP contribution in [-0.4, -0.2) is 40.1 Å². The van der Waals surface area contributed by atoms with Gasteiger partial charge in [-0.3, -0.25) is 9.69 Å². The Morgan fingerprint density at radius 1 is 1.17 bits per heavy atom. The molecule has 4 rings (SSSR count). The van der Waals surface area contributed by atoms with Gasteiger partial charge in [-0.05, 0) is 25.5 Å². The molecule has 1 amide bonds. The number of rotatable bonds is 7. The highest BCUT2D eigenvalue weighted by atomic mass is 19.1. The van der Waals surface area contributed by atoms with Crippen molar-refractivity contribution < 1.29 is 13.7 Å². The highest BCUT2D eigenvalue weighted by Crippen LogP contribution is 2.17. The lowest BCUT2D eigenvalue weighted by molar-refractivity contribution is -0.122. The molecule has 1 aliphatic rings. The molecule has 0 saturated carbocycles. The zero-order chi connectivity index (χ0) is 20.8. The lowest BCUT2D eigenvalue weighted by Crippen LogP contribution is -2.47. The van der Waals surface area contributed by atoms with E-state index >= 15 is 0 Å². The van der Waals surface area contributed by atoms with Crippen LogP contribution >= 0.6 is 0 Å². The highest BCUT2D eigenvalue weighted by molar-refractivity contribution is 5.76. The minimum Gasteiger partial charge on any atom is -0.352 e. The van der Waals surface area contributed by atoms with E-state index in [9.17, 15) is 9.18 Å². The average molecular weight is 408 g/mol. The molecule has 1 unspecified atom stereocenters. The predicted molar refractivity (Wildman–Crippen MR) is 111 cm³/mol. The zero-order valence-electron chi connectivity index (χ0n) is 16.8. The number of nitrogens with one attached hydrogen (secondary N) is 1. The number of piperidine rings is 1. The lowest BCUT2D eigenvalue weighted by atomic mass is 10.0. The third-order valence-electron chi connectivity index (χ3n) is 5.29. The van der Waals surface area contributed by atoms with E-state index in [1.165, 1.54) is 6.07 Å². The molecule has 1 N–H and O–H groups in total. The number of hydrogen-bond donors (Lipinski definition) is 1. The average Bonchev–Trinajstić information content (AvgIpc) is 3.24. The summed E-state index contributed by atoms with van der Waals surface area (Å²) in [6, 6.07) is 16.5. The number of halogens is 1. The molecule has 3 aromatic rings. The minimum absolute atomic E-state index is 0.0350.